The monoisotopic (exact) mass is 335 g/mol. The van der Waals surface area contributed by atoms with E-state index in [2.05, 4.69) is 29.4 Å². The Hall–Kier alpha value is -2.46. The number of rotatable bonds is 9. The standard InChI is InChI=1S/C21H25N3O/c1-2-3-6-15-21(25-17-18-11-7-4-8-12-18)24-16-20(22-23-24)19-13-9-5-10-14-19/h4-5,7-14,16,21H,2-3,6,15,17H2,1H3. The van der Waals surface area contributed by atoms with Gasteiger partial charge < -0.3 is 4.74 Å². The second kappa shape index (κ2) is 9.14. The summed E-state index contributed by atoms with van der Waals surface area (Å²) in [5.41, 5.74) is 3.12. The molecule has 130 valence electrons. The van der Waals surface area contributed by atoms with E-state index in [9.17, 15) is 0 Å². The van der Waals surface area contributed by atoms with Crippen LogP contribution in [0.15, 0.2) is 66.9 Å². The molecule has 4 heteroatoms. The molecule has 0 N–H and O–H groups in total. The zero-order chi connectivity index (χ0) is 17.3. The normalized spacial score (nSPS) is 12.2. The number of hydrogen-bond donors (Lipinski definition) is 0. The minimum atomic E-state index is -0.0864. The van der Waals surface area contributed by atoms with E-state index in [0.29, 0.717) is 6.61 Å². The molecule has 0 fully saturated rings. The topological polar surface area (TPSA) is 39.9 Å². The van der Waals surface area contributed by atoms with Gasteiger partial charge in [0.1, 0.15) is 5.69 Å². The highest BCUT2D eigenvalue weighted by Crippen LogP contribution is 2.22. The van der Waals surface area contributed by atoms with E-state index in [1.54, 1.807) is 0 Å². The third-order valence-corrected chi connectivity index (χ3v) is 4.21. The summed E-state index contributed by atoms with van der Waals surface area (Å²) in [6.45, 7) is 2.79. The summed E-state index contributed by atoms with van der Waals surface area (Å²) in [6.07, 6.45) is 6.35. The summed E-state index contributed by atoms with van der Waals surface area (Å²) in [6, 6.07) is 20.4. The van der Waals surface area contributed by atoms with Crippen LogP contribution in [0.25, 0.3) is 11.3 Å². The van der Waals surface area contributed by atoms with Crippen LogP contribution in [-0.2, 0) is 11.3 Å². The molecule has 0 aliphatic rings. The van der Waals surface area contributed by atoms with Crippen LogP contribution >= 0.6 is 0 Å². The summed E-state index contributed by atoms with van der Waals surface area (Å²) < 4.78 is 8.03. The van der Waals surface area contributed by atoms with E-state index in [0.717, 1.165) is 24.1 Å². The van der Waals surface area contributed by atoms with E-state index >= 15 is 0 Å². The molecule has 0 aliphatic carbocycles. The summed E-state index contributed by atoms with van der Waals surface area (Å²) in [7, 11) is 0. The number of aromatic nitrogens is 3. The molecule has 0 amide bonds. The van der Waals surface area contributed by atoms with Crippen molar-refractivity contribution in [3.05, 3.63) is 72.4 Å². The van der Waals surface area contributed by atoms with Crippen molar-refractivity contribution in [2.24, 2.45) is 0 Å². The maximum atomic E-state index is 6.17. The van der Waals surface area contributed by atoms with Crippen LogP contribution < -0.4 is 0 Å². The second-order valence-corrected chi connectivity index (χ2v) is 6.20. The molecule has 0 bridgehead atoms. The van der Waals surface area contributed by atoms with E-state index in [1.165, 1.54) is 18.4 Å². The lowest BCUT2D eigenvalue weighted by Crippen LogP contribution is -2.14. The van der Waals surface area contributed by atoms with E-state index in [4.69, 9.17) is 4.74 Å². The van der Waals surface area contributed by atoms with Crippen molar-refractivity contribution in [1.82, 2.24) is 15.0 Å². The average molecular weight is 335 g/mol. The Labute approximate surface area is 149 Å². The minimum absolute atomic E-state index is 0.0864. The van der Waals surface area contributed by atoms with Gasteiger partial charge in [-0.15, -0.1) is 5.10 Å². The lowest BCUT2D eigenvalue weighted by Gasteiger charge is -2.17. The Morgan fingerprint density at radius 1 is 0.960 bits per heavy atom. The maximum Gasteiger partial charge on any atom is 0.152 e. The first kappa shape index (κ1) is 17.4. The molecule has 0 radical (unpaired) electrons. The van der Waals surface area contributed by atoms with Gasteiger partial charge in [-0.1, -0.05) is 85.6 Å². The van der Waals surface area contributed by atoms with Gasteiger partial charge in [0.15, 0.2) is 6.23 Å². The summed E-state index contributed by atoms with van der Waals surface area (Å²) >= 11 is 0. The first-order valence-corrected chi connectivity index (χ1v) is 8.99. The summed E-state index contributed by atoms with van der Waals surface area (Å²) in [5.74, 6) is 0. The molecule has 1 unspecified atom stereocenters. The molecular weight excluding hydrogens is 310 g/mol. The van der Waals surface area contributed by atoms with Crippen LogP contribution in [0.4, 0.5) is 0 Å². The third kappa shape index (κ3) is 5.00. The van der Waals surface area contributed by atoms with Gasteiger partial charge >= 0.3 is 0 Å². The zero-order valence-electron chi connectivity index (χ0n) is 14.7. The van der Waals surface area contributed by atoms with Crippen LogP contribution in [-0.4, -0.2) is 15.0 Å². The Morgan fingerprint density at radius 3 is 2.40 bits per heavy atom. The highest BCUT2D eigenvalue weighted by molar-refractivity contribution is 5.57. The van der Waals surface area contributed by atoms with E-state index in [-0.39, 0.29) is 6.23 Å². The zero-order valence-corrected chi connectivity index (χ0v) is 14.7. The second-order valence-electron chi connectivity index (χ2n) is 6.20. The lowest BCUT2D eigenvalue weighted by molar-refractivity contribution is -0.0258. The van der Waals surface area contributed by atoms with Crippen LogP contribution in [0.5, 0.6) is 0 Å². The first-order valence-electron chi connectivity index (χ1n) is 8.99. The Kier molecular flexibility index (Phi) is 6.35. The molecule has 3 rings (SSSR count). The average Bonchev–Trinajstić information content (AvgIpc) is 3.16. The number of unbranched alkanes of at least 4 members (excludes halogenated alkanes) is 2. The van der Waals surface area contributed by atoms with Crippen molar-refractivity contribution in [3.63, 3.8) is 0 Å². The maximum absolute atomic E-state index is 6.17. The number of hydrogen-bond acceptors (Lipinski definition) is 3. The minimum Gasteiger partial charge on any atom is -0.352 e. The quantitative estimate of drug-likeness (QED) is 0.502. The van der Waals surface area contributed by atoms with Gasteiger partial charge in [-0.25, -0.2) is 4.68 Å². The van der Waals surface area contributed by atoms with Crippen LogP contribution in [0.3, 0.4) is 0 Å². The highest BCUT2D eigenvalue weighted by atomic mass is 16.5. The van der Waals surface area contributed by atoms with Gasteiger partial charge in [0, 0.05) is 5.56 Å². The van der Waals surface area contributed by atoms with Crippen molar-refractivity contribution in [2.45, 2.75) is 45.4 Å². The molecule has 4 nitrogen and oxygen atoms in total. The molecule has 1 aromatic heterocycles. The van der Waals surface area contributed by atoms with E-state index < -0.39 is 0 Å². The molecule has 3 aromatic rings. The van der Waals surface area contributed by atoms with Crippen LogP contribution in [0.1, 0.15) is 44.4 Å². The van der Waals surface area contributed by atoms with Gasteiger partial charge in [-0.05, 0) is 18.4 Å². The van der Waals surface area contributed by atoms with Crippen molar-refractivity contribution < 1.29 is 4.74 Å². The fraction of sp³-hybridized carbons (Fsp3) is 0.333. The summed E-state index contributed by atoms with van der Waals surface area (Å²) in [4.78, 5) is 0. The van der Waals surface area contributed by atoms with Gasteiger partial charge in [-0.3, -0.25) is 0 Å². The Morgan fingerprint density at radius 2 is 1.68 bits per heavy atom. The number of ether oxygens (including phenoxy) is 1. The molecule has 0 saturated carbocycles. The SMILES string of the molecule is CCCCCC(OCc1ccccc1)n1cc(-c2ccccc2)nn1. The molecule has 0 aliphatic heterocycles. The predicted molar refractivity (Wildman–Crippen MR) is 99.9 cm³/mol. The van der Waals surface area contributed by atoms with Gasteiger partial charge in [0.05, 0.1) is 12.8 Å². The molecule has 2 aromatic carbocycles. The van der Waals surface area contributed by atoms with E-state index in [1.807, 2.05) is 59.4 Å². The van der Waals surface area contributed by atoms with Crippen molar-refractivity contribution in [2.75, 3.05) is 0 Å². The van der Waals surface area contributed by atoms with Crippen molar-refractivity contribution in [1.29, 1.82) is 0 Å². The fourth-order valence-corrected chi connectivity index (χ4v) is 2.79. The molecule has 0 spiro atoms. The Balaban J connectivity index is 1.71. The summed E-state index contributed by atoms with van der Waals surface area (Å²) in [5, 5.41) is 8.65. The smallest absolute Gasteiger partial charge is 0.152 e. The van der Waals surface area contributed by atoms with Crippen molar-refractivity contribution >= 4 is 0 Å². The van der Waals surface area contributed by atoms with Gasteiger partial charge in [0.2, 0.25) is 0 Å². The van der Waals surface area contributed by atoms with Gasteiger partial charge in [0.25, 0.3) is 0 Å². The largest absolute Gasteiger partial charge is 0.352 e. The van der Waals surface area contributed by atoms with Crippen molar-refractivity contribution in [3.8, 4) is 11.3 Å². The molecule has 1 heterocycles. The fourth-order valence-electron chi connectivity index (χ4n) is 2.79. The Bertz CT molecular complexity index is 740. The number of benzene rings is 2. The molecule has 25 heavy (non-hydrogen) atoms. The van der Waals surface area contributed by atoms with Crippen LogP contribution in [0.2, 0.25) is 0 Å². The third-order valence-electron chi connectivity index (χ3n) is 4.21. The molecular formula is C21H25N3O. The predicted octanol–water partition coefficient (Wildman–Crippen LogP) is 5.24. The highest BCUT2D eigenvalue weighted by Gasteiger charge is 2.14. The molecule has 0 saturated heterocycles. The molecule has 1 atom stereocenters. The lowest BCUT2D eigenvalue weighted by atomic mass is 10.1. The number of nitrogens with zero attached hydrogens (tertiary/aromatic N) is 3. The first-order chi connectivity index (χ1) is 12.4. The van der Waals surface area contributed by atoms with Gasteiger partial charge in [-0.2, -0.15) is 0 Å². The van der Waals surface area contributed by atoms with Crippen LogP contribution in [0, 0.1) is 0 Å².